The number of rotatable bonds is 6. The third-order valence-electron chi connectivity index (χ3n) is 2.12. The van der Waals surface area contributed by atoms with E-state index in [1.807, 2.05) is 36.0 Å². The minimum absolute atomic E-state index is 0.276. The molecule has 1 atom stereocenters. The maximum Gasteiger partial charge on any atom is 0.0670 e. The highest BCUT2D eigenvalue weighted by atomic mass is 35.5. The molecule has 0 aliphatic rings. The second-order valence-corrected chi connectivity index (χ2v) is 5.93. The van der Waals surface area contributed by atoms with Gasteiger partial charge in [-0.05, 0) is 35.8 Å². The molecule has 1 unspecified atom stereocenters. The Kier molecular flexibility index (Phi) is 6.25. The van der Waals surface area contributed by atoms with Crippen molar-refractivity contribution in [3.8, 4) is 0 Å². The Hall–Kier alpha value is -0.180. The van der Waals surface area contributed by atoms with E-state index in [9.17, 15) is 5.11 Å². The Morgan fingerprint density at radius 2 is 2.06 bits per heavy atom. The molecule has 0 aliphatic carbocycles. The van der Waals surface area contributed by atoms with Crippen molar-refractivity contribution < 1.29 is 5.11 Å². The quantitative estimate of drug-likeness (QED) is 0.841. The van der Waals surface area contributed by atoms with Gasteiger partial charge in [-0.1, -0.05) is 37.6 Å². The van der Waals surface area contributed by atoms with Crippen molar-refractivity contribution in [2.24, 2.45) is 5.92 Å². The van der Waals surface area contributed by atoms with Crippen LogP contribution in [0.4, 0.5) is 0 Å². The van der Waals surface area contributed by atoms with Crippen molar-refractivity contribution in [3.63, 3.8) is 0 Å². The van der Waals surface area contributed by atoms with Crippen molar-refractivity contribution in [2.45, 2.75) is 26.4 Å². The van der Waals surface area contributed by atoms with Crippen molar-refractivity contribution in [2.75, 3.05) is 11.5 Å². The highest BCUT2D eigenvalue weighted by molar-refractivity contribution is 7.99. The minimum atomic E-state index is -0.276. The van der Waals surface area contributed by atoms with Crippen molar-refractivity contribution >= 4 is 23.4 Å². The number of thioether (sulfide) groups is 1. The van der Waals surface area contributed by atoms with Crippen LogP contribution in [-0.2, 0) is 6.42 Å². The molecule has 16 heavy (non-hydrogen) atoms. The van der Waals surface area contributed by atoms with Crippen LogP contribution in [0, 0.1) is 5.92 Å². The summed E-state index contributed by atoms with van der Waals surface area (Å²) in [6.45, 7) is 4.38. The van der Waals surface area contributed by atoms with Crippen LogP contribution in [0.15, 0.2) is 24.3 Å². The number of aliphatic hydroxyl groups excluding tert-OH is 1. The van der Waals surface area contributed by atoms with Crippen molar-refractivity contribution in [3.05, 3.63) is 34.9 Å². The molecule has 0 amide bonds. The Bertz CT molecular complexity index is 315. The molecule has 90 valence electrons. The highest BCUT2D eigenvalue weighted by Gasteiger charge is 2.06. The molecule has 0 aromatic heterocycles. The second-order valence-electron chi connectivity index (χ2n) is 4.42. The zero-order valence-corrected chi connectivity index (χ0v) is 11.4. The van der Waals surface area contributed by atoms with Crippen molar-refractivity contribution in [1.29, 1.82) is 0 Å². The maximum absolute atomic E-state index is 9.84. The van der Waals surface area contributed by atoms with Gasteiger partial charge in [0.1, 0.15) is 0 Å². The molecule has 0 bridgehead atoms. The summed E-state index contributed by atoms with van der Waals surface area (Å²) < 4.78 is 0. The molecule has 1 rings (SSSR count). The standard InChI is InChI=1S/C13H19ClOS/c1-10(2)8-16-9-13(15)7-11-4-3-5-12(14)6-11/h3-6,10,13,15H,7-9H2,1-2H3. The summed E-state index contributed by atoms with van der Waals surface area (Å²) in [4.78, 5) is 0. The number of hydrogen-bond acceptors (Lipinski definition) is 2. The highest BCUT2D eigenvalue weighted by Crippen LogP contribution is 2.15. The summed E-state index contributed by atoms with van der Waals surface area (Å²) >= 11 is 7.70. The number of aliphatic hydroxyl groups is 1. The molecule has 1 nitrogen and oxygen atoms in total. The first kappa shape index (κ1) is 13.9. The van der Waals surface area contributed by atoms with Gasteiger partial charge in [-0.25, -0.2) is 0 Å². The third kappa shape index (κ3) is 5.78. The molecule has 0 fully saturated rings. The average Bonchev–Trinajstić information content (AvgIpc) is 2.16. The Balaban J connectivity index is 2.31. The van der Waals surface area contributed by atoms with E-state index in [1.165, 1.54) is 0 Å². The van der Waals surface area contributed by atoms with E-state index in [0.717, 1.165) is 22.1 Å². The lowest BCUT2D eigenvalue weighted by atomic mass is 10.1. The third-order valence-corrected chi connectivity index (χ3v) is 3.88. The lowest BCUT2D eigenvalue weighted by molar-refractivity contribution is 0.200. The second kappa shape index (κ2) is 7.21. The predicted octanol–water partition coefficient (Wildman–Crippen LogP) is 3.63. The van der Waals surface area contributed by atoms with Gasteiger partial charge in [-0.15, -0.1) is 0 Å². The van der Waals surface area contributed by atoms with Crippen LogP contribution in [-0.4, -0.2) is 22.7 Å². The smallest absolute Gasteiger partial charge is 0.0670 e. The van der Waals surface area contributed by atoms with E-state index >= 15 is 0 Å². The van der Waals surface area contributed by atoms with Gasteiger partial charge in [0, 0.05) is 10.8 Å². The summed E-state index contributed by atoms with van der Waals surface area (Å²) in [5.41, 5.74) is 1.10. The topological polar surface area (TPSA) is 20.2 Å². The number of hydrogen-bond donors (Lipinski definition) is 1. The molecular formula is C13H19ClOS. The van der Waals surface area contributed by atoms with Crippen LogP contribution >= 0.6 is 23.4 Å². The molecule has 0 aliphatic heterocycles. The van der Waals surface area contributed by atoms with Crippen LogP contribution in [0.2, 0.25) is 5.02 Å². The molecule has 0 saturated carbocycles. The van der Waals surface area contributed by atoms with Gasteiger partial charge in [0.25, 0.3) is 0 Å². The Labute approximate surface area is 107 Å². The normalized spacial score (nSPS) is 13.1. The molecule has 3 heteroatoms. The zero-order chi connectivity index (χ0) is 12.0. The number of benzene rings is 1. The summed E-state index contributed by atoms with van der Waals surface area (Å²) in [7, 11) is 0. The van der Waals surface area contributed by atoms with E-state index < -0.39 is 0 Å². The fourth-order valence-corrected chi connectivity index (χ4v) is 2.65. The monoisotopic (exact) mass is 258 g/mol. The Morgan fingerprint density at radius 1 is 1.31 bits per heavy atom. The summed E-state index contributed by atoms with van der Waals surface area (Å²) in [5, 5.41) is 10.6. The molecule has 0 spiro atoms. The fraction of sp³-hybridized carbons (Fsp3) is 0.538. The van der Waals surface area contributed by atoms with Crippen LogP contribution < -0.4 is 0 Å². The summed E-state index contributed by atoms with van der Waals surface area (Å²) in [6.07, 6.45) is 0.410. The molecule has 0 heterocycles. The predicted molar refractivity (Wildman–Crippen MR) is 73.3 cm³/mol. The van der Waals surface area contributed by atoms with Gasteiger partial charge >= 0.3 is 0 Å². The van der Waals surface area contributed by atoms with Gasteiger partial charge < -0.3 is 5.11 Å². The number of halogens is 1. The van der Waals surface area contributed by atoms with Gasteiger partial charge in [0.15, 0.2) is 0 Å². The molecular weight excluding hydrogens is 240 g/mol. The van der Waals surface area contributed by atoms with E-state index in [2.05, 4.69) is 13.8 Å². The lowest BCUT2D eigenvalue weighted by Gasteiger charge is -2.11. The van der Waals surface area contributed by atoms with Gasteiger partial charge in [-0.2, -0.15) is 11.8 Å². The largest absolute Gasteiger partial charge is 0.392 e. The van der Waals surface area contributed by atoms with E-state index in [-0.39, 0.29) is 6.10 Å². The summed E-state index contributed by atoms with van der Waals surface area (Å²) in [6, 6.07) is 7.69. The van der Waals surface area contributed by atoms with Crippen molar-refractivity contribution in [1.82, 2.24) is 0 Å². The van der Waals surface area contributed by atoms with Gasteiger partial charge in [0.2, 0.25) is 0 Å². The first-order valence-corrected chi connectivity index (χ1v) is 7.11. The molecule has 0 saturated heterocycles. The summed E-state index contributed by atoms with van der Waals surface area (Å²) in [5.74, 6) is 2.58. The SMILES string of the molecule is CC(C)CSCC(O)Cc1cccc(Cl)c1. The van der Waals surface area contributed by atoms with Crippen LogP contribution in [0.25, 0.3) is 0 Å². The van der Waals surface area contributed by atoms with E-state index in [0.29, 0.717) is 12.3 Å². The minimum Gasteiger partial charge on any atom is -0.392 e. The first-order valence-electron chi connectivity index (χ1n) is 5.58. The molecule has 1 N–H and O–H groups in total. The van der Waals surface area contributed by atoms with Gasteiger partial charge in [-0.3, -0.25) is 0 Å². The Morgan fingerprint density at radius 3 is 2.69 bits per heavy atom. The molecule has 1 aromatic rings. The lowest BCUT2D eigenvalue weighted by Crippen LogP contribution is -2.14. The maximum atomic E-state index is 9.84. The van der Waals surface area contributed by atoms with Crippen LogP contribution in [0.1, 0.15) is 19.4 Å². The average molecular weight is 259 g/mol. The van der Waals surface area contributed by atoms with Crippen LogP contribution in [0.3, 0.4) is 0 Å². The van der Waals surface area contributed by atoms with Crippen LogP contribution in [0.5, 0.6) is 0 Å². The first-order chi connectivity index (χ1) is 7.58. The van der Waals surface area contributed by atoms with E-state index in [4.69, 9.17) is 11.6 Å². The van der Waals surface area contributed by atoms with E-state index in [1.54, 1.807) is 0 Å². The molecule has 1 aromatic carbocycles. The fourth-order valence-electron chi connectivity index (χ4n) is 1.43. The molecule has 0 radical (unpaired) electrons. The van der Waals surface area contributed by atoms with Gasteiger partial charge in [0.05, 0.1) is 6.10 Å². The zero-order valence-electron chi connectivity index (χ0n) is 9.82.